The smallest absolute Gasteiger partial charge is 0.223 e. The first-order valence-corrected chi connectivity index (χ1v) is 8.33. The van der Waals surface area contributed by atoms with Gasteiger partial charge >= 0.3 is 0 Å². The molecule has 0 aliphatic heterocycles. The van der Waals surface area contributed by atoms with Gasteiger partial charge in [0.2, 0.25) is 5.91 Å². The van der Waals surface area contributed by atoms with E-state index in [1.54, 1.807) is 31.2 Å². The molecule has 3 nitrogen and oxygen atoms in total. The van der Waals surface area contributed by atoms with Crippen molar-refractivity contribution in [2.24, 2.45) is 0 Å². The van der Waals surface area contributed by atoms with Crippen LogP contribution in [0, 0.1) is 11.6 Å². The van der Waals surface area contributed by atoms with Gasteiger partial charge in [-0.05, 0) is 37.0 Å². The Morgan fingerprint density at radius 2 is 1.88 bits per heavy atom. The highest BCUT2D eigenvalue weighted by Gasteiger charge is 2.46. The number of carbonyl (C=O) groups is 1. The van der Waals surface area contributed by atoms with Gasteiger partial charge in [0.05, 0.1) is 12.0 Å². The fourth-order valence-electron chi connectivity index (χ4n) is 3.15. The van der Waals surface area contributed by atoms with Gasteiger partial charge in [0.15, 0.2) is 0 Å². The van der Waals surface area contributed by atoms with E-state index in [-0.39, 0.29) is 18.9 Å². The normalized spacial score (nSPS) is 17.6. The summed E-state index contributed by atoms with van der Waals surface area (Å²) in [5.74, 6) is -1.49. The molecule has 0 bridgehead atoms. The fraction of sp³-hybridized carbons (Fsp3) is 0.350. The molecule has 3 rings (SSSR count). The van der Waals surface area contributed by atoms with E-state index in [0.29, 0.717) is 11.1 Å². The molecule has 0 aromatic heterocycles. The van der Waals surface area contributed by atoms with Crippen molar-refractivity contribution in [2.45, 2.75) is 37.2 Å². The number of hydrogen-bond donors (Lipinski definition) is 2. The Bertz CT molecular complexity index is 771. The number of benzene rings is 2. The van der Waals surface area contributed by atoms with E-state index in [1.807, 2.05) is 6.07 Å². The number of rotatable bonds is 6. The van der Waals surface area contributed by atoms with Crippen LogP contribution >= 0.6 is 0 Å². The quantitative estimate of drug-likeness (QED) is 0.843. The van der Waals surface area contributed by atoms with Gasteiger partial charge in [-0.1, -0.05) is 36.4 Å². The third-order valence-electron chi connectivity index (χ3n) is 4.88. The topological polar surface area (TPSA) is 49.3 Å². The molecule has 0 saturated heterocycles. The van der Waals surface area contributed by atoms with Gasteiger partial charge < -0.3 is 10.4 Å². The molecular weight excluding hydrogens is 324 g/mol. The highest BCUT2D eigenvalue weighted by Crippen LogP contribution is 2.48. The molecule has 1 unspecified atom stereocenters. The zero-order chi connectivity index (χ0) is 18.1. The summed E-state index contributed by atoms with van der Waals surface area (Å²) in [6.07, 6.45) is 1.40. The van der Waals surface area contributed by atoms with Gasteiger partial charge in [0.25, 0.3) is 0 Å². The van der Waals surface area contributed by atoms with E-state index in [2.05, 4.69) is 5.32 Å². The molecule has 1 aliphatic rings. The molecule has 1 amide bonds. The molecule has 1 aliphatic carbocycles. The summed E-state index contributed by atoms with van der Waals surface area (Å²) in [5, 5.41) is 13.3. The lowest BCUT2D eigenvalue weighted by atomic mass is 9.91. The van der Waals surface area contributed by atoms with Gasteiger partial charge in [-0.15, -0.1) is 0 Å². The van der Waals surface area contributed by atoms with Gasteiger partial charge in [-0.2, -0.15) is 0 Å². The van der Waals surface area contributed by atoms with Gasteiger partial charge in [0, 0.05) is 18.0 Å². The van der Waals surface area contributed by atoms with Gasteiger partial charge in [-0.25, -0.2) is 8.78 Å². The molecule has 0 spiro atoms. The van der Waals surface area contributed by atoms with Crippen LogP contribution < -0.4 is 5.32 Å². The average Bonchev–Trinajstić information content (AvgIpc) is 3.34. The Balaban J connectivity index is 1.63. The van der Waals surface area contributed by atoms with Crippen molar-refractivity contribution in [2.75, 3.05) is 6.54 Å². The SMILES string of the molecule is CC(O)(CC(=O)NCC1(c2ccc(F)cc2F)CC1)c1ccccc1. The van der Waals surface area contributed by atoms with Crippen LogP contribution in [0.4, 0.5) is 8.78 Å². The summed E-state index contributed by atoms with van der Waals surface area (Å²) in [7, 11) is 0. The predicted octanol–water partition coefficient (Wildman–Crippen LogP) is 3.41. The molecule has 132 valence electrons. The summed E-state index contributed by atoms with van der Waals surface area (Å²) in [5.41, 5.74) is -0.644. The molecule has 2 N–H and O–H groups in total. The minimum atomic E-state index is -1.27. The van der Waals surface area contributed by atoms with Crippen molar-refractivity contribution in [3.05, 3.63) is 71.3 Å². The summed E-state index contributed by atoms with van der Waals surface area (Å²) in [6.45, 7) is 1.87. The molecule has 0 radical (unpaired) electrons. The first-order valence-electron chi connectivity index (χ1n) is 8.33. The largest absolute Gasteiger partial charge is 0.385 e. The van der Waals surface area contributed by atoms with Crippen LogP contribution in [0.2, 0.25) is 0 Å². The minimum Gasteiger partial charge on any atom is -0.385 e. The van der Waals surface area contributed by atoms with E-state index in [1.165, 1.54) is 12.1 Å². The first-order chi connectivity index (χ1) is 11.8. The number of hydrogen-bond acceptors (Lipinski definition) is 2. The Kier molecular flexibility index (Phi) is 4.60. The Morgan fingerprint density at radius 1 is 1.20 bits per heavy atom. The molecule has 25 heavy (non-hydrogen) atoms. The lowest BCUT2D eigenvalue weighted by Crippen LogP contribution is -2.37. The number of halogens is 2. The maximum atomic E-state index is 14.0. The minimum absolute atomic E-state index is 0.0843. The third kappa shape index (κ3) is 3.87. The summed E-state index contributed by atoms with van der Waals surface area (Å²) >= 11 is 0. The maximum Gasteiger partial charge on any atom is 0.223 e. The van der Waals surface area contributed by atoms with Crippen LogP contribution in [-0.2, 0) is 15.8 Å². The van der Waals surface area contributed by atoms with Crippen molar-refractivity contribution in [3.8, 4) is 0 Å². The molecule has 1 atom stereocenters. The van der Waals surface area contributed by atoms with Crippen LogP contribution in [0.1, 0.15) is 37.3 Å². The zero-order valence-electron chi connectivity index (χ0n) is 14.1. The fourth-order valence-corrected chi connectivity index (χ4v) is 3.15. The zero-order valence-corrected chi connectivity index (χ0v) is 14.1. The second-order valence-corrected chi connectivity index (χ2v) is 7.00. The molecule has 1 fully saturated rings. The van der Waals surface area contributed by atoms with Crippen molar-refractivity contribution >= 4 is 5.91 Å². The van der Waals surface area contributed by atoms with Gasteiger partial charge in [-0.3, -0.25) is 4.79 Å². The van der Waals surface area contributed by atoms with Crippen molar-refractivity contribution in [1.82, 2.24) is 5.32 Å². The number of carbonyl (C=O) groups excluding carboxylic acids is 1. The van der Waals surface area contributed by atoms with E-state index >= 15 is 0 Å². The second kappa shape index (κ2) is 6.56. The van der Waals surface area contributed by atoms with Crippen molar-refractivity contribution in [1.29, 1.82) is 0 Å². The summed E-state index contributed by atoms with van der Waals surface area (Å²) < 4.78 is 27.1. The molecule has 2 aromatic carbocycles. The van der Waals surface area contributed by atoms with E-state index in [0.717, 1.165) is 18.9 Å². The average molecular weight is 345 g/mol. The Hall–Kier alpha value is -2.27. The lowest BCUT2D eigenvalue weighted by Gasteiger charge is -2.24. The van der Waals surface area contributed by atoms with Crippen molar-refractivity contribution in [3.63, 3.8) is 0 Å². The van der Waals surface area contributed by atoms with E-state index < -0.39 is 22.7 Å². The predicted molar refractivity (Wildman–Crippen MR) is 90.9 cm³/mol. The number of amides is 1. The third-order valence-corrected chi connectivity index (χ3v) is 4.88. The van der Waals surface area contributed by atoms with E-state index in [4.69, 9.17) is 0 Å². The molecular formula is C20H21F2NO2. The van der Waals surface area contributed by atoms with Crippen molar-refractivity contribution < 1.29 is 18.7 Å². The standard InChI is InChI=1S/C20H21F2NO2/c1-19(25,14-5-3-2-4-6-14)12-18(24)23-13-20(9-10-20)16-8-7-15(21)11-17(16)22/h2-8,11,25H,9-10,12-13H2,1H3,(H,23,24). The molecule has 2 aromatic rings. The molecule has 1 saturated carbocycles. The van der Waals surface area contributed by atoms with Crippen LogP contribution in [-0.4, -0.2) is 17.6 Å². The highest BCUT2D eigenvalue weighted by molar-refractivity contribution is 5.77. The Labute approximate surface area is 145 Å². The highest BCUT2D eigenvalue weighted by atomic mass is 19.1. The van der Waals surface area contributed by atoms with Gasteiger partial charge in [0.1, 0.15) is 11.6 Å². The Morgan fingerprint density at radius 3 is 2.48 bits per heavy atom. The second-order valence-electron chi connectivity index (χ2n) is 7.00. The van der Waals surface area contributed by atoms with Crippen LogP contribution in [0.15, 0.2) is 48.5 Å². The summed E-state index contributed by atoms with van der Waals surface area (Å²) in [4.78, 5) is 12.3. The summed E-state index contributed by atoms with van der Waals surface area (Å²) in [6, 6.07) is 12.5. The van der Waals surface area contributed by atoms with Crippen LogP contribution in [0.25, 0.3) is 0 Å². The van der Waals surface area contributed by atoms with Crippen LogP contribution in [0.5, 0.6) is 0 Å². The first kappa shape index (κ1) is 17.5. The lowest BCUT2D eigenvalue weighted by molar-refractivity contribution is -0.126. The van der Waals surface area contributed by atoms with E-state index in [9.17, 15) is 18.7 Å². The monoisotopic (exact) mass is 345 g/mol. The number of aliphatic hydroxyl groups is 1. The molecule has 5 heteroatoms. The number of nitrogens with one attached hydrogen (secondary N) is 1. The molecule has 0 heterocycles. The maximum absolute atomic E-state index is 14.0. The van der Waals surface area contributed by atoms with Crippen LogP contribution in [0.3, 0.4) is 0 Å².